The van der Waals surface area contributed by atoms with E-state index >= 15 is 0 Å². The Morgan fingerprint density at radius 3 is 2.60 bits per heavy atom. The number of anilines is 1. The van der Waals surface area contributed by atoms with Crippen molar-refractivity contribution < 1.29 is 12.8 Å². The van der Waals surface area contributed by atoms with Crippen molar-refractivity contribution in [3.05, 3.63) is 59.9 Å². The Bertz CT molecular complexity index is 893. The molecule has 2 N–H and O–H groups in total. The van der Waals surface area contributed by atoms with Crippen molar-refractivity contribution in [3.63, 3.8) is 0 Å². The maximum absolute atomic E-state index is 13.3. The summed E-state index contributed by atoms with van der Waals surface area (Å²) in [5.41, 5.74) is 0.935. The molecule has 0 amide bonds. The molecule has 7 heteroatoms. The first-order valence-corrected chi connectivity index (χ1v) is 9.82. The van der Waals surface area contributed by atoms with Crippen LogP contribution in [0.1, 0.15) is 18.4 Å². The van der Waals surface area contributed by atoms with Gasteiger partial charge in [-0.05, 0) is 42.7 Å². The third-order valence-electron chi connectivity index (χ3n) is 4.89. The normalized spacial score (nSPS) is 21.5. The number of rotatable bonds is 2. The van der Waals surface area contributed by atoms with E-state index in [-0.39, 0.29) is 5.82 Å². The molecular weight excluding hydrogens is 341 g/mol. The van der Waals surface area contributed by atoms with Crippen molar-refractivity contribution in [1.82, 2.24) is 9.62 Å². The first kappa shape index (κ1) is 16.5. The lowest BCUT2D eigenvalue weighted by molar-refractivity contribution is 0.158. The van der Waals surface area contributed by atoms with Crippen LogP contribution in [0.3, 0.4) is 0 Å². The second-order valence-corrected chi connectivity index (χ2v) is 8.37. The summed E-state index contributed by atoms with van der Waals surface area (Å²) >= 11 is 0. The highest BCUT2D eigenvalue weighted by Gasteiger charge is 2.42. The largest absolute Gasteiger partial charge is 0.365 e. The number of sulfonamides is 1. The fourth-order valence-electron chi connectivity index (χ4n) is 3.61. The molecule has 1 fully saturated rings. The zero-order valence-corrected chi connectivity index (χ0v) is 14.5. The number of hydrogen-bond donors (Lipinski definition) is 2. The second kappa shape index (κ2) is 6.09. The number of halogens is 1. The Morgan fingerprint density at radius 1 is 1.08 bits per heavy atom. The standard InChI is InChI=1S/C18H20FN3O2S/c19-15-5-3-4-14(12-15)13-22-10-8-18(9-11-22)20-16-6-1-2-7-17(16)25(23,24)21-18/h1-7,12,20-21H,8-11,13H2. The number of fused-ring (bicyclic) bond motifs is 1. The molecule has 2 heterocycles. The van der Waals surface area contributed by atoms with E-state index in [4.69, 9.17) is 0 Å². The summed E-state index contributed by atoms with van der Waals surface area (Å²) in [7, 11) is -3.51. The Morgan fingerprint density at radius 2 is 1.84 bits per heavy atom. The minimum atomic E-state index is -3.51. The summed E-state index contributed by atoms with van der Waals surface area (Å²) in [5, 5.41) is 3.38. The molecule has 0 saturated carbocycles. The molecule has 2 aromatic rings. The van der Waals surface area contributed by atoms with Crippen LogP contribution in [-0.4, -0.2) is 32.1 Å². The molecule has 25 heavy (non-hydrogen) atoms. The minimum Gasteiger partial charge on any atom is -0.365 e. The monoisotopic (exact) mass is 361 g/mol. The van der Waals surface area contributed by atoms with Gasteiger partial charge in [0.15, 0.2) is 0 Å². The number of benzene rings is 2. The molecule has 132 valence electrons. The van der Waals surface area contributed by atoms with Crippen LogP contribution in [0.2, 0.25) is 0 Å². The molecule has 0 aliphatic carbocycles. The topological polar surface area (TPSA) is 61.4 Å². The summed E-state index contributed by atoms with van der Waals surface area (Å²) < 4.78 is 41.3. The Kier molecular flexibility index (Phi) is 4.02. The number of likely N-dealkylation sites (tertiary alicyclic amines) is 1. The molecule has 0 unspecified atom stereocenters. The summed E-state index contributed by atoms with van der Waals surface area (Å²) in [6, 6.07) is 13.6. The first-order valence-electron chi connectivity index (χ1n) is 8.34. The molecule has 1 saturated heterocycles. The van der Waals surface area contributed by atoms with Gasteiger partial charge in [-0.2, -0.15) is 4.72 Å². The molecule has 0 radical (unpaired) electrons. The van der Waals surface area contributed by atoms with Gasteiger partial charge in [0.2, 0.25) is 10.0 Å². The first-order chi connectivity index (χ1) is 12.0. The van der Waals surface area contributed by atoms with E-state index in [0.29, 0.717) is 30.0 Å². The van der Waals surface area contributed by atoms with E-state index in [1.807, 2.05) is 12.1 Å². The minimum absolute atomic E-state index is 0.232. The molecule has 4 rings (SSSR count). The van der Waals surface area contributed by atoms with Crippen LogP contribution in [0, 0.1) is 5.82 Å². The van der Waals surface area contributed by atoms with E-state index in [9.17, 15) is 12.8 Å². The van der Waals surface area contributed by atoms with Crippen LogP contribution >= 0.6 is 0 Å². The molecule has 2 aliphatic heterocycles. The van der Waals surface area contributed by atoms with Gasteiger partial charge < -0.3 is 5.32 Å². The molecule has 0 bridgehead atoms. The third-order valence-corrected chi connectivity index (χ3v) is 6.48. The number of para-hydroxylation sites is 1. The number of nitrogens with one attached hydrogen (secondary N) is 2. The van der Waals surface area contributed by atoms with Gasteiger partial charge in [0.05, 0.1) is 5.69 Å². The van der Waals surface area contributed by atoms with Gasteiger partial charge in [-0.3, -0.25) is 4.90 Å². The van der Waals surface area contributed by atoms with Crippen LogP contribution in [0.25, 0.3) is 0 Å². The predicted molar refractivity (Wildman–Crippen MR) is 94.0 cm³/mol. The van der Waals surface area contributed by atoms with Crippen LogP contribution in [-0.2, 0) is 16.6 Å². The van der Waals surface area contributed by atoms with E-state index < -0.39 is 15.7 Å². The number of nitrogens with zero attached hydrogens (tertiary/aromatic N) is 1. The van der Waals surface area contributed by atoms with Crippen LogP contribution < -0.4 is 10.0 Å². The van der Waals surface area contributed by atoms with Crippen molar-refractivity contribution in [3.8, 4) is 0 Å². The highest BCUT2D eigenvalue weighted by Crippen LogP contribution is 2.34. The van der Waals surface area contributed by atoms with Crippen molar-refractivity contribution in [1.29, 1.82) is 0 Å². The lowest BCUT2D eigenvalue weighted by atomic mass is 9.96. The molecule has 5 nitrogen and oxygen atoms in total. The van der Waals surface area contributed by atoms with Crippen molar-refractivity contribution in [2.45, 2.75) is 29.9 Å². The van der Waals surface area contributed by atoms with Crippen molar-refractivity contribution in [2.75, 3.05) is 18.4 Å². The van der Waals surface area contributed by atoms with Gasteiger partial charge in [0, 0.05) is 19.6 Å². The van der Waals surface area contributed by atoms with Crippen molar-refractivity contribution in [2.24, 2.45) is 0 Å². The quantitative estimate of drug-likeness (QED) is 0.863. The highest BCUT2D eigenvalue weighted by molar-refractivity contribution is 7.89. The zero-order valence-electron chi connectivity index (χ0n) is 13.7. The second-order valence-electron chi connectivity index (χ2n) is 6.71. The van der Waals surface area contributed by atoms with E-state index in [2.05, 4.69) is 14.9 Å². The van der Waals surface area contributed by atoms with Gasteiger partial charge in [-0.25, -0.2) is 12.8 Å². The highest BCUT2D eigenvalue weighted by atomic mass is 32.2. The van der Waals surface area contributed by atoms with E-state index in [1.54, 1.807) is 30.3 Å². The fourth-order valence-corrected chi connectivity index (χ4v) is 5.16. The van der Waals surface area contributed by atoms with Gasteiger partial charge in [-0.1, -0.05) is 24.3 Å². The summed E-state index contributed by atoms with van der Waals surface area (Å²) in [6.45, 7) is 2.12. The van der Waals surface area contributed by atoms with Crippen LogP contribution in [0.15, 0.2) is 53.4 Å². The predicted octanol–water partition coefficient (Wildman–Crippen LogP) is 2.52. The summed E-state index contributed by atoms with van der Waals surface area (Å²) in [4.78, 5) is 2.51. The van der Waals surface area contributed by atoms with Gasteiger partial charge in [0.25, 0.3) is 0 Å². The molecule has 0 atom stereocenters. The van der Waals surface area contributed by atoms with E-state index in [0.717, 1.165) is 18.7 Å². The number of piperidine rings is 1. The van der Waals surface area contributed by atoms with Gasteiger partial charge in [0.1, 0.15) is 16.4 Å². The molecule has 0 aromatic heterocycles. The summed E-state index contributed by atoms with van der Waals surface area (Å²) in [5.74, 6) is -0.232. The smallest absolute Gasteiger partial charge is 0.244 e. The van der Waals surface area contributed by atoms with Gasteiger partial charge in [-0.15, -0.1) is 0 Å². The van der Waals surface area contributed by atoms with Crippen molar-refractivity contribution >= 4 is 15.7 Å². The fraction of sp³-hybridized carbons (Fsp3) is 0.333. The van der Waals surface area contributed by atoms with Crippen LogP contribution in [0.4, 0.5) is 10.1 Å². The maximum Gasteiger partial charge on any atom is 0.244 e. The lowest BCUT2D eigenvalue weighted by Gasteiger charge is -2.45. The Labute approximate surface area is 146 Å². The average molecular weight is 361 g/mol. The Hall–Kier alpha value is -1.96. The van der Waals surface area contributed by atoms with Gasteiger partial charge >= 0.3 is 0 Å². The Balaban J connectivity index is 1.48. The molecule has 2 aliphatic rings. The zero-order chi connectivity index (χ0) is 17.5. The SMILES string of the molecule is O=S1(=O)NC2(CCN(Cc3cccc(F)c3)CC2)Nc2ccccc21. The third kappa shape index (κ3) is 3.27. The lowest BCUT2D eigenvalue weighted by Crippen LogP contribution is -2.61. The maximum atomic E-state index is 13.3. The summed E-state index contributed by atoms with van der Waals surface area (Å²) in [6.07, 6.45) is 1.30. The van der Waals surface area contributed by atoms with E-state index in [1.165, 1.54) is 6.07 Å². The average Bonchev–Trinajstić information content (AvgIpc) is 2.57. The molecule has 2 aromatic carbocycles. The number of hydrogen-bond acceptors (Lipinski definition) is 4. The molecule has 1 spiro atoms. The molecular formula is C18H20FN3O2S. The van der Waals surface area contributed by atoms with Crippen LogP contribution in [0.5, 0.6) is 0 Å².